The lowest BCUT2D eigenvalue weighted by molar-refractivity contribution is -0.136. The molecule has 1 N–H and O–H groups in total. The van der Waals surface area contributed by atoms with E-state index in [9.17, 15) is 9.59 Å². The molecule has 1 aliphatic rings. The van der Waals surface area contributed by atoms with Gasteiger partial charge in [-0.1, -0.05) is 36.2 Å². The van der Waals surface area contributed by atoms with Gasteiger partial charge in [0.15, 0.2) is 11.5 Å². The molecule has 2 aromatic rings. The summed E-state index contributed by atoms with van der Waals surface area (Å²) in [6, 6.07) is 10.1. The van der Waals surface area contributed by atoms with Gasteiger partial charge >= 0.3 is 0 Å². The molecule has 3 rings (SSSR count). The maximum Gasteiger partial charge on any atom is 0.278 e. The Morgan fingerprint density at radius 3 is 2.26 bits per heavy atom. The van der Waals surface area contributed by atoms with Gasteiger partial charge in [0.25, 0.3) is 11.8 Å². The lowest BCUT2D eigenvalue weighted by atomic mass is 10.0. The molecule has 164 valence electrons. The predicted octanol–water partition coefficient (Wildman–Crippen LogP) is 5.39. The van der Waals surface area contributed by atoms with Gasteiger partial charge in [-0.3, -0.25) is 14.5 Å². The smallest absolute Gasteiger partial charge is 0.278 e. The second kappa shape index (κ2) is 10.1. The van der Waals surface area contributed by atoms with E-state index in [1.54, 1.807) is 36.4 Å². The van der Waals surface area contributed by atoms with Crippen molar-refractivity contribution in [3.63, 3.8) is 0 Å². The molecule has 0 saturated carbocycles. The zero-order chi connectivity index (χ0) is 22.5. The maximum atomic E-state index is 13.1. The van der Waals surface area contributed by atoms with E-state index in [0.29, 0.717) is 59.0 Å². The molecule has 0 saturated heterocycles. The van der Waals surface area contributed by atoms with Crippen LogP contribution < -0.4 is 14.8 Å². The standard InChI is InChI=1S/C23H24Cl2N2O4/c1-4-11-27-22(28)20(16-9-7-14(24)12-17(16)25)21(23(27)29)26-15-8-10-18(30-5-2)19(13-15)31-6-3/h7-10,12-13,26H,4-6,11H2,1-3H3. The van der Waals surface area contributed by atoms with Gasteiger partial charge in [-0.15, -0.1) is 0 Å². The van der Waals surface area contributed by atoms with E-state index in [1.165, 1.54) is 4.90 Å². The average molecular weight is 463 g/mol. The minimum Gasteiger partial charge on any atom is -0.490 e. The van der Waals surface area contributed by atoms with Crippen molar-refractivity contribution < 1.29 is 19.1 Å². The molecule has 1 aliphatic heterocycles. The highest BCUT2D eigenvalue weighted by molar-refractivity contribution is 6.41. The van der Waals surface area contributed by atoms with E-state index in [2.05, 4.69) is 5.32 Å². The minimum atomic E-state index is -0.403. The minimum absolute atomic E-state index is 0.161. The first-order valence-electron chi connectivity index (χ1n) is 10.1. The summed E-state index contributed by atoms with van der Waals surface area (Å²) in [6.07, 6.45) is 0.643. The molecule has 0 bridgehead atoms. The van der Waals surface area contributed by atoms with Crippen LogP contribution in [-0.4, -0.2) is 36.5 Å². The monoisotopic (exact) mass is 462 g/mol. The van der Waals surface area contributed by atoms with Crippen molar-refractivity contribution in [3.8, 4) is 11.5 Å². The number of carbonyl (C=O) groups is 2. The number of hydrogen-bond donors (Lipinski definition) is 1. The number of anilines is 1. The van der Waals surface area contributed by atoms with Gasteiger partial charge < -0.3 is 14.8 Å². The van der Waals surface area contributed by atoms with Crippen molar-refractivity contribution in [3.05, 3.63) is 57.7 Å². The summed E-state index contributed by atoms with van der Waals surface area (Å²) >= 11 is 12.4. The highest BCUT2D eigenvalue weighted by Crippen LogP contribution is 2.37. The number of nitrogens with one attached hydrogen (secondary N) is 1. The predicted molar refractivity (Wildman–Crippen MR) is 123 cm³/mol. The van der Waals surface area contributed by atoms with Crippen molar-refractivity contribution in [1.82, 2.24) is 4.90 Å². The van der Waals surface area contributed by atoms with Gasteiger partial charge in [-0.05, 0) is 44.5 Å². The van der Waals surface area contributed by atoms with Crippen molar-refractivity contribution in [2.75, 3.05) is 25.1 Å². The Morgan fingerprint density at radius 2 is 1.61 bits per heavy atom. The average Bonchev–Trinajstić information content (AvgIpc) is 2.95. The molecule has 8 heteroatoms. The Morgan fingerprint density at radius 1 is 0.903 bits per heavy atom. The van der Waals surface area contributed by atoms with Crippen molar-refractivity contribution in [2.24, 2.45) is 0 Å². The molecular weight excluding hydrogens is 439 g/mol. The molecule has 0 aromatic heterocycles. The molecule has 0 spiro atoms. The van der Waals surface area contributed by atoms with Gasteiger partial charge in [-0.25, -0.2) is 0 Å². The largest absolute Gasteiger partial charge is 0.490 e. The lowest BCUT2D eigenvalue weighted by Gasteiger charge is -2.15. The maximum absolute atomic E-state index is 13.1. The number of rotatable bonds is 9. The van der Waals surface area contributed by atoms with Crippen LogP contribution in [0.15, 0.2) is 42.1 Å². The lowest BCUT2D eigenvalue weighted by Crippen LogP contribution is -2.33. The van der Waals surface area contributed by atoms with E-state index in [0.717, 1.165) is 0 Å². The molecule has 0 unspecified atom stereocenters. The number of carbonyl (C=O) groups excluding carboxylic acids is 2. The van der Waals surface area contributed by atoms with Crippen LogP contribution in [0, 0.1) is 0 Å². The summed E-state index contributed by atoms with van der Waals surface area (Å²) in [5.74, 6) is 0.351. The van der Waals surface area contributed by atoms with Gasteiger partial charge in [0.05, 0.1) is 23.8 Å². The number of imide groups is 1. The third-order valence-corrected chi connectivity index (χ3v) is 5.18. The van der Waals surface area contributed by atoms with Crippen LogP contribution in [0.25, 0.3) is 5.57 Å². The fraction of sp³-hybridized carbons (Fsp3) is 0.304. The quantitative estimate of drug-likeness (QED) is 0.505. The summed E-state index contributed by atoms with van der Waals surface area (Å²) in [6.45, 7) is 6.93. The van der Waals surface area contributed by atoms with Gasteiger partial charge in [0.1, 0.15) is 5.70 Å². The second-order valence-corrected chi connectivity index (χ2v) is 7.63. The highest BCUT2D eigenvalue weighted by Gasteiger charge is 2.39. The Labute approximate surface area is 191 Å². The number of halogens is 2. The summed E-state index contributed by atoms with van der Waals surface area (Å²) in [7, 11) is 0. The molecule has 0 radical (unpaired) electrons. The zero-order valence-corrected chi connectivity index (χ0v) is 19.1. The second-order valence-electron chi connectivity index (χ2n) is 6.79. The fourth-order valence-electron chi connectivity index (χ4n) is 3.33. The first-order chi connectivity index (χ1) is 14.9. The number of ether oxygens (including phenoxy) is 2. The van der Waals surface area contributed by atoms with Crippen molar-refractivity contribution in [1.29, 1.82) is 0 Å². The number of benzene rings is 2. The SMILES string of the molecule is CCCN1C(=O)C(Nc2ccc(OCC)c(OCC)c2)=C(c2ccc(Cl)cc2Cl)C1=O. The third-order valence-electron chi connectivity index (χ3n) is 4.63. The molecule has 2 amide bonds. The molecule has 1 heterocycles. The van der Waals surface area contributed by atoms with Crippen LogP contribution in [0.4, 0.5) is 5.69 Å². The first-order valence-corrected chi connectivity index (χ1v) is 10.9. The molecular formula is C23H24Cl2N2O4. The molecule has 0 fully saturated rings. The molecule has 2 aromatic carbocycles. The van der Waals surface area contributed by atoms with Crippen LogP contribution >= 0.6 is 23.2 Å². The van der Waals surface area contributed by atoms with Crippen LogP contribution in [-0.2, 0) is 9.59 Å². The third kappa shape index (κ3) is 4.81. The Kier molecular flexibility index (Phi) is 7.46. The summed E-state index contributed by atoms with van der Waals surface area (Å²) in [4.78, 5) is 27.5. The van der Waals surface area contributed by atoms with E-state index in [-0.39, 0.29) is 11.3 Å². The normalized spacial score (nSPS) is 13.8. The van der Waals surface area contributed by atoms with Gasteiger partial charge in [0.2, 0.25) is 0 Å². The highest BCUT2D eigenvalue weighted by atomic mass is 35.5. The van der Waals surface area contributed by atoms with E-state index in [4.69, 9.17) is 32.7 Å². The molecule has 6 nitrogen and oxygen atoms in total. The first kappa shape index (κ1) is 23.0. The number of hydrogen-bond acceptors (Lipinski definition) is 5. The zero-order valence-electron chi connectivity index (χ0n) is 17.6. The van der Waals surface area contributed by atoms with Crippen LogP contribution in [0.3, 0.4) is 0 Å². The van der Waals surface area contributed by atoms with E-state index >= 15 is 0 Å². The van der Waals surface area contributed by atoms with Crippen molar-refractivity contribution >= 4 is 46.3 Å². The van der Waals surface area contributed by atoms with Crippen molar-refractivity contribution in [2.45, 2.75) is 27.2 Å². The summed E-state index contributed by atoms with van der Waals surface area (Å²) < 4.78 is 11.3. The van der Waals surface area contributed by atoms with Gasteiger partial charge in [0, 0.05) is 28.9 Å². The Balaban J connectivity index is 2.08. The molecule has 0 aliphatic carbocycles. The molecule has 0 atom stereocenters. The van der Waals surface area contributed by atoms with E-state index < -0.39 is 11.8 Å². The van der Waals surface area contributed by atoms with Crippen LogP contribution in [0.5, 0.6) is 11.5 Å². The van der Waals surface area contributed by atoms with Crippen LogP contribution in [0.2, 0.25) is 10.0 Å². The topological polar surface area (TPSA) is 67.9 Å². The summed E-state index contributed by atoms with van der Waals surface area (Å²) in [5.41, 5.74) is 1.41. The summed E-state index contributed by atoms with van der Waals surface area (Å²) in [5, 5.41) is 3.85. The fourth-order valence-corrected chi connectivity index (χ4v) is 3.84. The Hall–Kier alpha value is -2.70. The van der Waals surface area contributed by atoms with E-state index in [1.807, 2.05) is 20.8 Å². The van der Waals surface area contributed by atoms with Gasteiger partial charge in [-0.2, -0.15) is 0 Å². The van der Waals surface area contributed by atoms with Crippen LogP contribution in [0.1, 0.15) is 32.8 Å². The number of amides is 2. The number of nitrogens with zero attached hydrogens (tertiary/aromatic N) is 1. The molecule has 31 heavy (non-hydrogen) atoms. The Bertz CT molecular complexity index is 1040.